The van der Waals surface area contributed by atoms with E-state index in [9.17, 15) is 9.00 Å². The van der Waals surface area contributed by atoms with Crippen molar-refractivity contribution >= 4 is 22.5 Å². The van der Waals surface area contributed by atoms with Gasteiger partial charge in [-0.25, -0.2) is 0 Å². The summed E-state index contributed by atoms with van der Waals surface area (Å²) in [6.45, 7) is 0. The molecule has 1 saturated heterocycles. The van der Waals surface area contributed by atoms with Crippen LogP contribution in [-0.2, 0) is 15.6 Å². The highest BCUT2D eigenvalue weighted by Gasteiger charge is 2.48. The summed E-state index contributed by atoms with van der Waals surface area (Å²) < 4.78 is 11.2. The maximum atomic E-state index is 12.2. The van der Waals surface area contributed by atoms with Crippen LogP contribution in [0.1, 0.15) is 32.1 Å². The van der Waals surface area contributed by atoms with E-state index >= 15 is 0 Å². The summed E-state index contributed by atoms with van der Waals surface area (Å²) in [5.74, 6) is 1.13. The molecule has 0 unspecified atom stereocenters. The first-order valence-corrected chi connectivity index (χ1v) is 7.71. The van der Waals surface area contributed by atoms with E-state index in [1.54, 1.807) is 0 Å². The molecule has 4 N–H and O–H groups in total. The number of amidine groups is 1. The van der Waals surface area contributed by atoms with Gasteiger partial charge < -0.3 is 16.3 Å². The van der Waals surface area contributed by atoms with Gasteiger partial charge in [-0.3, -0.25) is 9.00 Å². The van der Waals surface area contributed by atoms with Gasteiger partial charge in [0.25, 0.3) is 0 Å². The summed E-state index contributed by atoms with van der Waals surface area (Å²) in [5, 5.41) is 14.7. The molecule has 18 heavy (non-hydrogen) atoms. The predicted molar refractivity (Wildman–Crippen MR) is 68.7 cm³/mol. The second-order valence-corrected chi connectivity index (χ2v) is 6.71. The maximum absolute atomic E-state index is 12.2. The third kappa shape index (κ3) is 2.36. The monoisotopic (exact) mass is 273 g/mol. The fraction of sp³-hybridized carbons (Fsp3) is 0.818. The van der Waals surface area contributed by atoms with Gasteiger partial charge in [0.05, 0.1) is 0 Å². The molecule has 0 aromatic rings. The van der Waals surface area contributed by atoms with Crippen LogP contribution in [0.5, 0.6) is 0 Å². The van der Waals surface area contributed by atoms with Crippen LogP contribution in [0.25, 0.3) is 0 Å². The minimum atomic E-state index is -0.814. The zero-order valence-corrected chi connectivity index (χ0v) is 11.0. The molecule has 0 radical (unpaired) electrons. The Bertz CT molecular complexity index is 383. The Kier molecular flexibility index (Phi) is 3.89. The van der Waals surface area contributed by atoms with Crippen LogP contribution in [-0.4, -0.2) is 38.7 Å². The first kappa shape index (κ1) is 13.3. The van der Waals surface area contributed by atoms with E-state index in [-0.39, 0.29) is 17.8 Å². The number of carbonyl (C=O) groups excluding carboxylic acids is 1. The Hall–Kier alpha value is -1.11. The molecule has 0 aromatic carbocycles. The third-order valence-electron chi connectivity index (χ3n) is 3.96. The number of hydrogen-bond acceptors (Lipinski definition) is 4. The van der Waals surface area contributed by atoms with Crippen molar-refractivity contribution in [1.82, 2.24) is 5.32 Å². The zero-order valence-electron chi connectivity index (χ0n) is 10.2. The molecule has 7 heteroatoms. The largest absolute Gasteiger partial charge is 0.409 e. The van der Waals surface area contributed by atoms with Gasteiger partial charge in [0.1, 0.15) is 5.41 Å². The zero-order chi connectivity index (χ0) is 13.2. The fourth-order valence-electron chi connectivity index (χ4n) is 2.49. The highest BCUT2D eigenvalue weighted by atomic mass is 32.2. The smallest absolute Gasteiger partial charge is 0.234 e. The Morgan fingerprint density at radius 1 is 1.39 bits per heavy atom. The van der Waals surface area contributed by atoms with Crippen molar-refractivity contribution in [3.8, 4) is 0 Å². The number of amides is 1. The van der Waals surface area contributed by atoms with Gasteiger partial charge in [-0.1, -0.05) is 11.6 Å². The number of hydrogen-bond donors (Lipinski definition) is 3. The third-order valence-corrected chi connectivity index (χ3v) is 5.35. The van der Waals surface area contributed by atoms with Crippen LogP contribution in [0.4, 0.5) is 0 Å². The van der Waals surface area contributed by atoms with Gasteiger partial charge in [-0.2, -0.15) is 0 Å². The lowest BCUT2D eigenvalue weighted by molar-refractivity contribution is -0.131. The molecule has 2 fully saturated rings. The van der Waals surface area contributed by atoms with Crippen LogP contribution in [0, 0.1) is 5.41 Å². The van der Waals surface area contributed by atoms with Gasteiger partial charge in [-0.05, 0) is 25.7 Å². The van der Waals surface area contributed by atoms with Crippen LogP contribution >= 0.6 is 0 Å². The summed E-state index contributed by atoms with van der Waals surface area (Å²) in [5.41, 5.74) is 4.82. The lowest BCUT2D eigenvalue weighted by Crippen LogP contribution is -2.56. The molecule has 6 nitrogen and oxygen atoms in total. The van der Waals surface area contributed by atoms with Crippen molar-refractivity contribution in [2.45, 2.75) is 38.1 Å². The van der Waals surface area contributed by atoms with Gasteiger partial charge >= 0.3 is 0 Å². The number of carbonyl (C=O) groups is 1. The average Bonchev–Trinajstić information content (AvgIpc) is 2.30. The number of oxime groups is 1. The molecule has 1 aliphatic heterocycles. The second kappa shape index (κ2) is 5.26. The summed E-state index contributed by atoms with van der Waals surface area (Å²) in [4.78, 5) is 12.2. The first-order valence-electron chi connectivity index (χ1n) is 6.22. The Labute approximate surface area is 108 Å². The summed E-state index contributed by atoms with van der Waals surface area (Å²) in [7, 11) is -0.735. The number of rotatable bonds is 3. The first-order chi connectivity index (χ1) is 8.58. The number of nitrogens with one attached hydrogen (secondary N) is 1. The quantitative estimate of drug-likeness (QED) is 0.290. The van der Waals surface area contributed by atoms with E-state index in [0.717, 1.165) is 19.3 Å². The molecule has 1 aliphatic carbocycles. The molecule has 2 rings (SSSR count). The molecule has 1 amide bonds. The average molecular weight is 273 g/mol. The summed E-state index contributed by atoms with van der Waals surface area (Å²) >= 11 is 0. The molecule has 0 spiro atoms. The standard InChI is InChI=1S/C11H19N3O3S/c12-9(14-16)11(4-1-5-11)10(15)13-8-2-6-18(17)7-3-8/h8,16H,1-7H2,(H2,12,14)(H,13,15). The molecule has 1 heterocycles. The molecule has 0 aromatic heterocycles. The Morgan fingerprint density at radius 2 is 2.00 bits per heavy atom. The molecular formula is C11H19N3O3S. The fourth-order valence-corrected chi connectivity index (χ4v) is 3.79. The van der Waals surface area contributed by atoms with Crippen molar-refractivity contribution in [3.63, 3.8) is 0 Å². The SMILES string of the molecule is NC(=NO)C1(C(=O)NC2CCS(=O)CC2)CCC1. The Morgan fingerprint density at radius 3 is 2.44 bits per heavy atom. The topological polar surface area (TPSA) is 105 Å². The van der Waals surface area contributed by atoms with E-state index in [1.807, 2.05) is 0 Å². The van der Waals surface area contributed by atoms with Crippen molar-refractivity contribution in [1.29, 1.82) is 0 Å². The van der Waals surface area contributed by atoms with Crippen LogP contribution in [0.2, 0.25) is 0 Å². The van der Waals surface area contributed by atoms with E-state index in [4.69, 9.17) is 10.9 Å². The normalized spacial score (nSPS) is 31.4. The molecule has 0 atom stereocenters. The summed E-state index contributed by atoms with van der Waals surface area (Å²) in [6, 6.07) is 0.0687. The minimum Gasteiger partial charge on any atom is -0.409 e. The van der Waals surface area contributed by atoms with E-state index in [0.29, 0.717) is 24.3 Å². The Balaban J connectivity index is 1.96. The van der Waals surface area contributed by atoms with Crippen molar-refractivity contribution < 1.29 is 14.2 Å². The summed E-state index contributed by atoms with van der Waals surface area (Å²) in [6.07, 6.45) is 3.66. The maximum Gasteiger partial charge on any atom is 0.234 e. The van der Waals surface area contributed by atoms with E-state index in [2.05, 4.69) is 10.5 Å². The van der Waals surface area contributed by atoms with Crippen LogP contribution in [0.3, 0.4) is 0 Å². The predicted octanol–water partition coefficient (Wildman–Crippen LogP) is -0.0696. The highest BCUT2D eigenvalue weighted by Crippen LogP contribution is 2.41. The second-order valence-electron chi connectivity index (χ2n) is 5.02. The van der Waals surface area contributed by atoms with Gasteiger partial charge in [0, 0.05) is 28.3 Å². The minimum absolute atomic E-state index is 0.00522. The molecule has 2 aliphatic rings. The van der Waals surface area contributed by atoms with Crippen LogP contribution in [0.15, 0.2) is 5.16 Å². The molecule has 1 saturated carbocycles. The van der Waals surface area contributed by atoms with Crippen LogP contribution < -0.4 is 11.1 Å². The van der Waals surface area contributed by atoms with E-state index < -0.39 is 16.2 Å². The molecule has 0 bridgehead atoms. The highest BCUT2D eigenvalue weighted by molar-refractivity contribution is 7.85. The van der Waals surface area contributed by atoms with E-state index in [1.165, 1.54) is 0 Å². The van der Waals surface area contributed by atoms with Gasteiger partial charge in [0.2, 0.25) is 5.91 Å². The van der Waals surface area contributed by atoms with Gasteiger partial charge in [0.15, 0.2) is 5.84 Å². The lowest BCUT2D eigenvalue weighted by atomic mass is 9.67. The van der Waals surface area contributed by atoms with Crippen molar-refractivity contribution in [2.24, 2.45) is 16.3 Å². The van der Waals surface area contributed by atoms with Crippen molar-refractivity contribution in [2.75, 3.05) is 11.5 Å². The van der Waals surface area contributed by atoms with Crippen molar-refractivity contribution in [3.05, 3.63) is 0 Å². The number of nitrogens with two attached hydrogens (primary N) is 1. The lowest BCUT2D eigenvalue weighted by Gasteiger charge is -2.40. The van der Waals surface area contributed by atoms with Gasteiger partial charge in [-0.15, -0.1) is 0 Å². The molecular weight excluding hydrogens is 254 g/mol. The molecule has 102 valence electrons. The number of nitrogens with zero attached hydrogens (tertiary/aromatic N) is 1.